The fourth-order valence-corrected chi connectivity index (χ4v) is 4.46. The number of nitrogens with zero attached hydrogens (tertiary/aromatic N) is 2. The number of nitro benzene ring substituents is 1. The first-order valence-corrected chi connectivity index (χ1v) is 8.23. The van der Waals surface area contributed by atoms with Gasteiger partial charge in [-0.1, -0.05) is 11.6 Å². The maximum absolute atomic E-state index is 12.7. The molecule has 0 radical (unpaired) electrons. The summed E-state index contributed by atoms with van der Waals surface area (Å²) >= 11 is 5.95. The Hall–Kier alpha value is -1.22. The molecule has 1 N–H and O–H groups in total. The molecule has 116 valence electrons. The maximum Gasteiger partial charge on any atom is 0.289 e. The molecule has 0 bridgehead atoms. The zero-order chi connectivity index (χ0) is 15.8. The van der Waals surface area contributed by atoms with Crippen molar-refractivity contribution < 1.29 is 13.3 Å². The minimum atomic E-state index is -3.85. The molecule has 2 rings (SSSR count). The molecule has 21 heavy (non-hydrogen) atoms. The fraction of sp³-hybridized carbons (Fsp3) is 0.500. The van der Waals surface area contributed by atoms with Crippen LogP contribution in [0.15, 0.2) is 17.0 Å². The highest BCUT2D eigenvalue weighted by atomic mass is 35.5. The van der Waals surface area contributed by atoms with Gasteiger partial charge in [0.15, 0.2) is 0 Å². The van der Waals surface area contributed by atoms with Crippen LogP contribution in [0.3, 0.4) is 0 Å². The molecule has 1 saturated heterocycles. The zero-order valence-corrected chi connectivity index (χ0v) is 13.2. The lowest BCUT2D eigenvalue weighted by molar-refractivity contribution is -0.385. The van der Waals surface area contributed by atoms with Gasteiger partial charge >= 0.3 is 0 Å². The number of benzene rings is 1. The molecule has 0 spiro atoms. The average molecular weight is 334 g/mol. The van der Waals surface area contributed by atoms with E-state index in [0.29, 0.717) is 25.2 Å². The first kappa shape index (κ1) is 16.2. The normalized spacial score (nSPS) is 20.4. The molecule has 1 heterocycles. The minimum absolute atomic E-state index is 0.0205. The van der Waals surface area contributed by atoms with Crippen molar-refractivity contribution in [2.75, 3.05) is 19.6 Å². The first-order valence-electron chi connectivity index (χ1n) is 6.41. The fourth-order valence-electron chi connectivity index (χ4n) is 2.29. The summed E-state index contributed by atoms with van der Waals surface area (Å²) in [4.78, 5) is 10.1. The molecule has 0 amide bonds. The van der Waals surface area contributed by atoms with Crippen molar-refractivity contribution in [1.29, 1.82) is 0 Å². The molecule has 0 aliphatic carbocycles. The highest BCUT2D eigenvalue weighted by molar-refractivity contribution is 7.89. The second kappa shape index (κ2) is 5.88. The Bertz CT molecular complexity index is 677. The van der Waals surface area contributed by atoms with Gasteiger partial charge in [-0.2, -0.15) is 4.31 Å². The first-order chi connectivity index (χ1) is 9.73. The van der Waals surface area contributed by atoms with Gasteiger partial charge in [0.2, 0.25) is 10.0 Å². The summed E-state index contributed by atoms with van der Waals surface area (Å²) in [6.07, 6.45) is 0. The lowest BCUT2D eigenvalue weighted by Gasteiger charge is -2.31. The molecular formula is C12H16ClN3O4S. The molecule has 1 aliphatic heterocycles. The van der Waals surface area contributed by atoms with Crippen LogP contribution in [-0.4, -0.2) is 43.3 Å². The van der Waals surface area contributed by atoms with Crippen molar-refractivity contribution in [1.82, 2.24) is 9.62 Å². The van der Waals surface area contributed by atoms with Gasteiger partial charge in [-0.05, 0) is 25.5 Å². The summed E-state index contributed by atoms with van der Waals surface area (Å²) < 4.78 is 26.6. The number of hydrogen-bond acceptors (Lipinski definition) is 5. The van der Waals surface area contributed by atoms with Crippen molar-refractivity contribution in [3.8, 4) is 0 Å². The van der Waals surface area contributed by atoms with Gasteiger partial charge in [-0.15, -0.1) is 0 Å². The van der Waals surface area contributed by atoms with E-state index in [2.05, 4.69) is 5.32 Å². The van der Waals surface area contributed by atoms with Crippen LogP contribution in [0.25, 0.3) is 0 Å². The quantitative estimate of drug-likeness (QED) is 0.669. The van der Waals surface area contributed by atoms with E-state index in [0.717, 1.165) is 0 Å². The third kappa shape index (κ3) is 3.18. The van der Waals surface area contributed by atoms with E-state index >= 15 is 0 Å². The summed E-state index contributed by atoms with van der Waals surface area (Å²) in [6.45, 7) is 4.63. The van der Waals surface area contributed by atoms with Crippen LogP contribution in [0.2, 0.25) is 5.02 Å². The van der Waals surface area contributed by atoms with Crippen molar-refractivity contribution in [2.24, 2.45) is 0 Å². The van der Waals surface area contributed by atoms with Crippen LogP contribution in [0, 0.1) is 17.0 Å². The average Bonchev–Trinajstić information content (AvgIpc) is 2.40. The van der Waals surface area contributed by atoms with Crippen LogP contribution in [0.4, 0.5) is 5.69 Å². The molecule has 1 aromatic carbocycles. The number of nitrogens with one attached hydrogen (secondary N) is 1. The summed E-state index contributed by atoms with van der Waals surface area (Å²) in [5.74, 6) is 0. The highest BCUT2D eigenvalue weighted by Gasteiger charge is 2.33. The van der Waals surface area contributed by atoms with Crippen LogP contribution in [0.1, 0.15) is 12.5 Å². The highest BCUT2D eigenvalue weighted by Crippen LogP contribution is 2.34. The van der Waals surface area contributed by atoms with Crippen LogP contribution in [-0.2, 0) is 10.0 Å². The summed E-state index contributed by atoms with van der Waals surface area (Å²) in [6, 6.07) is 2.66. The van der Waals surface area contributed by atoms with E-state index in [9.17, 15) is 18.5 Å². The van der Waals surface area contributed by atoms with Gasteiger partial charge < -0.3 is 5.32 Å². The van der Waals surface area contributed by atoms with Crippen molar-refractivity contribution in [3.05, 3.63) is 32.8 Å². The molecule has 7 nitrogen and oxygen atoms in total. The van der Waals surface area contributed by atoms with Crippen molar-refractivity contribution >= 4 is 27.3 Å². The van der Waals surface area contributed by atoms with E-state index in [-0.39, 0.29) is 16.0 Å². The lowest BCUT2D eigenvalue weighted by atomic mass is 10.2. The molecular weight excluding hydrogens is 318 g/mol. The summed E-state index contributed by atoms with van der Waals surface area (Å²) in [5, 5.41) is 13.8. The van der Waals surface area contributed by atoms with E-state index in [1.165, 1.54) is 16.4 Å². The van der Waals surface area contributed by atoms with Gasteiger partial charge in [-0.3, -0.25) is 10.1 Å². The smallest absolute Gasteiger partial charge is 0.289 e. The third-order valence-electron chi connectivity index (χ3n) is 3.31. The second-order valence-electron chi connectivity index (χ2n) is 5.07. The number of rotatable bonds is 3. The molecule has 1 atom stereocenters. The van der Waals surface area contributed by atoms with E-state index in [1.807, 2.05) is 6.92 Å². The predicted octanol–water partition coefficient (Wildman–Crippen LogP) is 1.54. The van der Waals surface area contributed by atoms with Crippen molar-refractivity contribution in [3.63, 3.8) is 0 Å². The van der Waals surface area contributed by atoms with Gasteiger partial charge in [0, 0.05) is 31.7 Å². The molecule has 1 aromatic rings. The van der Waals surface area contributed by atoms with Crippen molar-refractivity contribution in [2.45, 2.75) is 24.8 Å². The van der Waals surface area contributed by atoms with Gasteiger partial charge in [-0.25, -0.2) is 8.42 Å². The summed E-state index contributed by atoms with van der Waals surface area (Å²) in [5.41, 5.74) is 0.0892. The van der Waals surface area contributed by atoms with Gasteiger partial charge in [0.25, 0.3) is 5.69 Å². The number of piperazine rings is 1. The Morgan fingerprint density at radius 1 is 1.48 bits per heavy atom. The SMILES string of the molecule is Cc1cc([N+](=O)[O-])c(Cl)c(S(=O)(=O)N2CCNC(C)C2)c1. The van der Waals surface area contributed by atoms with Crippen LogP contribution >= 0.6 is 11.6 Å². The monoisotopic (exact) mass is 333 g/mol. The number of aryl methyl sites for hydroxylation is 1. The standard InChI is InChI=1S/C12H16ClN3O4S/c1-8-5-10(16(17)18)12(13)11(6-8)21(19,20)15-4-3-14-9(2)7-15/h5-6,9,14H,3-4,7H2,1-2H3. The molecule has 9 heteroatoms. The number of sulfonamides is 1. The molecule has 1 fully saturated rings. The zero-order valence-electron chi connectivity index (χ0n) is 11.7. The van der Waals surface area contributed by atoms with Crippen LogP contribution in [0.5, 0.6) is 0 Å². The number of nitro groups is 1. The predicted molar refractivity (Wildman–Crippen MR) is 79.1 cm³/mol. The minimum Gasteiger partial charge on any atom is -0.312 e. The van der Waals surface area contributed by atoms with E-state index in [4.69, 9.17) is 11.6 Å². The second-order valence-corrected chi connectivity index (χ2v) is 7.36. The van der Waals surface area contributed by atoms with E-state index < -0.39 is 20.6 Å². The molecule has 0 aromatic heterocycles. The Labute approximate surface area is 128 Å². The number of halogens is 1. The van der Waals surface area contributed by atoms with Gasteiger partial charge in [0.05, 0.1) is 4.92 Å². The Morgan fingerprint density at radius 2 is 2.14 bits per heavy atom. The Kier molecular flexibility index (Phi) is 4.52. The maximum atomic E-state index is 12.7. The summed E-state index contributed by atoms with van der Waals surface area (Å²) in [7, 11) is -3.85. The third-order valence-corrected chi connectivity index (χ3v) is 5.71. The molecule has 1 aliphatic rings. The Morgan fingerprint density at radius 3 is 2.71 bits per heavy atom. The molecule has 0 saturated carbocycles. The lowest BCUT2D eigenvalue weighted by Crippen LogP contribution is -2.51. The Balaban J connectivity index is 2.52. The topological polar surface area (TPSA) is 92.5 Å². The molecule has 1 unspecified atom stereocenters. The van der Waals surface area contributed by atoms with Gasteiger partial charge in [0.1, 0.15) is 9.92 Å². The largest absolute Gasteiger partial charge is 0.312 e. The van der Waals surface area contributed by atoms with Crippen LogP contribution < -0.4 is 5.32 Å². The number of hydrogen-bond donors (Lipinski definition) is 1. The van der Waals surface area contributed by atoms with E-state index in [1.54, 1.807) is 6.92 Å².